The fourth-order valence-electron chi connectivity index (χ4n) is 3.72. The van der Waals surface area contributed by atoms with E-state index in [0.717, 1.165) is 18.2 Å². The predicted molar refractivity (Wildman–Crippen MR) is 129 cm³/mol. The van der Waals surface area contributed by atoms with Gasteiger partial charge >= 0.3 is 0 Å². The molecule has 1 aliphatic rings. The summed E-state index contributed by atoms with van der Waals surface area (Å²) < 4.78 is 72.0. The topological polar surface area (TPSA) is 80.2 Å². The number of pyridine rings is 1. The van der Waals surface area contributed by atoms with Gasteiger partial charge in [-0.05, 0) is 77.9 Å². The summed E-state index contributed by atoms with van der Waals surface area (Å²) in [6.45, 7) is 1.53. The van der Waals surface area contributed by atoms with E-state index in [1.165, 1.54) is 36.7 Å². The van der Waals surface area contributed by atoms with E-state index in [9.17, 15) is 26.4 Å². The summed E-state index contributed by atoms with van der Waals surface area (Å²) in [5, 5.41) is 1.90. The van der Waals surface area contributed by atoms with E-state index >= 15 is 0 Å². The molecule has 0 bridgehead atoms. The summed E-state index contributed by atoms with van der Waals surface area (Å²) in [4.78, 5) is 12.5. The Kier molecular flexibility index (Phi) is 6.20. The zero-order valence-corrected chi connectivity index (χ0v) is 20.5. The molecular formula is C22H19F3IN3O3S. The number of sulfonamides is 1. The van der Waals surface area contributed by atoms with Gasteiger partial charge in [0.1, 0.15) is 23.3 Å². The lowest BCUT2D eigenvalue weighted by Crippen LogP contribution is -2.26. The Morgan fingerprint density at radius 1 is 1.03 bits per heavy atom. The second-order valence-corrected chi connectivity index (χ2v) is 11.1. The fourth-order valence-corrected chi connectivity index (χ4v) is 5.84. The van der Waals surface area contributed by atoms with E-state index in [0.29, 0.717) is 3.57 Å². The Morgan fingerprint density at radius 2 is 1.70 bits per heavy atom. The average molecular weight is 589 g/mol. The zero-order chi connectivity index (χ0) is 24.1. The number of hydrogen-bond donors (Lipinski definition) is 2. The Bertz CT molecular complexity index is 1410. The van der Waals surface area contributed by atoms with Crippen LogP contribution in [-0.2, 0) is 17.1 Å². The highest BCUT2D eigenvalue weighted by atomic mass is 127. The van der Waals surface area contributed by atoms with Crippen LogP contribution < -0.4 is 15.6 Å². The van der Waals surface area contributed by atoms with Crippen molar-refractivity contribution >= 4 is 49.8 Å². The Morgan fingerprint density at radius 3 is 2.33 bits per heavy atom. The number of hydrogen-bond acceptors (Lipinski definition) is 4. The minimum absolute atomic E-state index is 0.0586. The average Bonchev–Trinajstić information content (AvgIpc) is 3.52. The highest BCUT2D eigenvalue weighted by Crippen LogP contribution is 2.47. The monoisotopic (exact) mass is 589 g/mol. The van der Waals surface area contributed by atoms with Gasteiger partial charge in [-0.25, -0.2) is 21.6 Å². The molecule has 0 aliphatic heterocycles. The zero-order valence-electron chi connectivity index (χ0n) is 17.5. The summed E-state index contributed by atoms with van der Waals surface area (Å²) in [7, 11) is -2.55. The van der Waals surface area contributed by atoms with Gasteiger partial charge in [0.15, 0.2) is 0 Å². The van der Waals surface area contributed by atoms with Crippen molar-refractivity contribution in [3.63, 3.8) is 0 Å². The maximum Gasteiger partial charge on any atom is 0.254 e. The number of aryl methyl sites for hydroxylation is 1. The molecule has 0 amide bonds. The molecule has 0 radical (unpaired) electrons. The number of aromatic nitrogens is 1. The predicted octanol–water partition coefficient (Wildman–Crippen LogP) is 4.76. The molecule has 2 unspecified atom stereocenters. The molecule has 2 aromatic carbocycles. The standard InChI is InChI=1S/C22H19F3IN3O3S/c1-11-5-19(21(29(2)22(11)30)27-18-4-3-15(26)9-17(18)25)28-33(31,32)20-10-16(20)12-6-13(23)8-14(24)7-12/h3-9,16,20,27-28H,10H2,1-2H3. The molecule has 3 aromatic rings. The molecular weight excluding hydrogens is 570 g/mol. The third-order valence-electron chi connectivity index (χ3n) is 5.47. The quantitative estimate of drug-likeness (QED) is 0.407. The second-order valence-electron chi connectivity index (χ2n) is 7.93. The smallest absolute Gasteiger partial charge is 0.254 e. The van der Waals surface area contributed by atoms with Crippen molar-refractivity contribution < 1.29 is 21.6 Å². The van der Waals surface area contributed by atoms with Gasteiger partial charge in [0, 0.05) is 28.2 Å². The maximum absolute atomic E-state index is 14.4. The highest BCUT2D eigenvalue weighted by molar-refractivity contribution is 14.1. The van der Waals surface area contributed by atoms with Crippen molar-refractivity contribution in [2.45, 2.75) is 24.5 Å². The summed E-state index contributed by atoms with van der Waals surface area (Å²) in [5.74, 6) is -2.63. The van der Waals surface area contributed by atoms with Crippen molar-refractivity contribution in [2.24, 2.45) is 7.05 Å². The number of nitrogens with one attached hydrogen (secondary N) is 2. The molecule has 33 heavy (non-hydrogen) atoms. The van der Waals surface area contributed by atoms with Crippen LogP contribution in [0.1, 0.15) is 23.5 Å². The Labute approximate surface area is 202 Å². The largest absolute Gasteiger partial charge is 0.337 e. The molecule has 0 spiro atoms. The number of rotatable bonds is 6. The lowest BCUT2D eigenvalue weighted by Gasteiger charge is -2.19. The van der Waals surface area contributed by atoms with E-state index in [4.69, 9.17) is 0 Å². The van der Waals surface area contributed by atoms with Crippen LogP contribution in [-0.4, -0.2) is 18.2 Å². The van der Waals surface area contributed by atoms with Gasteiger partial charge in [-0.2, -0.15) is 0 Å². The minimum Gasteiger partial charge on any atom is -0.337 e. The van der Waals surface area contributed by atoms with Crippen LogP contribution in [0.5, 0.6) is 0 Å². The highest BCUT2D eigenvalue weighted by Gasteiger charge is 2.48. The SMILES string of the molecule is Cc1cc(NS(=O)(=O)C2CC2c2cc(F)cc(F)c2)c(Nc2ccc(I)cc2F)n(C)c1=O. The number of anilines is 3. The van der Waals surface area contributed by atoms with Crippen molar-refractivity contribution in [2.75, 3.05) is 10.0 Å². The fraction of sp³-hybridized carbons (Fsp3) is 0.227. The van der Waals surface area contributed by atoms with Gasteiger partial charge in [0.05, 0.1) is 16.6 Å². The van der Waals surface area contributed by atoms with Crippen molar-refractivity contribution in [3.05, 3.63) is 85.0 Å². The Balaban J connectivity index is 1.67. The molecule has 1 saturated carbocycles. The molecule has 4 rings (SSSR count). The minimum atomic E-state index is -3.99. The number of halogens is 4. The molecule has 1 fully saturated rings. The molecule has 1 heterocycles. The van der Waals surface area contributed by atoms with Gasteiger partial charge in [0.2, 0.25) is 10.0 Å². The van der Waals surface area contributed by atoms with Crippen LogP contribution in [0.3, 0.4) is 0 Å². The first-order valence-corrected chi connectivity index (χ1v) is 12.5. The first-order chi connectivity index (χ1) is 15.5. The first-order valence-electron chi connectivity index (χ1n) is 9.86. The lowest BCUT2D eigenvalue weighted by molar-refractivity contribution is 0.579. The molecule has 1 aromatic heterocycles. The number of nitrogens with zero attached hydrogens (tertiary/aromatic N) is 1. The summed E-state index contributed by atoms with van der Waals surface area (Å²) in [6.07, 6.45) is 0.192. The van der Waals surface area contributed by atoms with Gasteiger partial charge in [-0.1, -0.05) is 0 Å². The van der Waals surface area contributed by atoms with Crippen LogP contribution in [0.25, 0.3) is 0 Å². The van der Waals surface area contributed by atoms with Gasteiger partial charge < -0.3 is 5.32 Å². The molecule has 11 heteroatoms. The van der Waals surface area contributed by atoms with E-state index < -0.39 is 38.6 Å². The summed E-state index contributed by atoms with van der Waals surface area (Å²) >= 11 is 1.96. The number of benzene rings is 2. The van der Waals surface area contributed by atoms with Crippen LogP contribution in [0.15, 0.2) is 47.3 Å². The van der Waals surface area contributed by atoms with Crippen LogP contribution in [0.2, 0.25) is 0 Å². The summed E-state index contributed by atoms with van der Waals surface area (Å²) in [6, 6.07) is 8.77. The normalized spacial score (nSPS) is 17.6. The molecule has 6 nitrogen and oxygen atoms in total. The molecule has 0 saturated heterocycles. The van der Waals surface area contributed by atoms with Gasteiger partial charge in [0.25, 0.3) is 5.56 Å². The van der Waals surface area contributed by atoms with Crippen molar-refractivity contribution in [3.8, 4) is 0 Å². The molecule has 2 atom stereocenters. The van der Waals surface area contributed by atoms with E-state index in [1.54, 1.807) is 6.07 Å². The maximum atomic E-state index is 14.4. The third kappa shape index (κ3) is 4.88. The first kappa shape index (κ1) is 23.6. The van der Waals surface area contributed by atoms with E-state index in [2.05, 4.69) is 10.0 Å². The molecule has 2 N–H and O–H groups in total. The van der Waals surface area contributed by atoms with Crippen LogP contribution in [0.4, 0.5) is 30.4 Å². The third-order valence-corrected chi connectivity index (χ3v) is 7.97. The van der Waals surface area contributed by atoms with Crippen LogP contribution >= 0.6 is 22.6 Å². The molecule has 1 aliphatic carbocycles. The molecule has 174 valence electrons. The second kappa shape index (κ2) is 8.67. The van der Waals surface area contributed by atoms with E-state index in [-0.39, 0.29) is 40.3 Å². The van der Waals surface area contributed by atoms with E-state index in [1.807, 2.05) is 22.6 Å². The van der Waals surface area contributed by atoms with Crippen molar-refractivity contribution in [1.29, 1.82) is 0 Å². The van der Waals surface area contributed by atoms with Crippen molar-refractivity contribution in [1.82, 2.24) is 4.57 Å². The lowest BCUT2D eigenvalue weighted by atomic mass is 10.1. The van der Waals surface area contributed by atoms with Gasteiger partial charge in [-0.3, -0.25) is 14.1 Å². The van der Waals surface area contributed by atoms with Crippen LogP contribution in [0, 0.1) is 27.9 Å². The van der Waals surface area contributed by atoms with Gasteiger partial charge in [-0.15, -0.1) is 0 Å². The Hall–Kier alpha value is -2.54. The summed E-state index contributed by atoms with van der Waals surface area (Å²) in [5.41, 5.74) is 0.283.